The van der Waals surface area contributed by atoms with Gasteiger partial charge < -0.3 is 0 Å². The van der Waals surface area contributed by atoms with Crippen LogP contribution in [0.1, 0.15) is 19.5 Å². The van der Waals surface area contributed by atoms with Gasteiger partial charge in [-0.3, -0.25) is 4.68 Å². The number of aryl methyl sites for hydroxylation is 1. The molecule has 1 aromatic carbocycles. The predicted octanol–water partition coefficient (Wildman–Crippen LogP) is 1.63. The molecule has 1 heterocycles. The van der Waals surface area contributed by atoms with E-state index in [2.05, 4.69) is 9.82 Å². The van der Waals surface area contributed by atoms with E-state index in [1.54, 1.807) is 68.2 Å². The van der Waals surface area contributed by atoms with Crippen LogP contribution in [0.25, 0.3) is 0 Å². The molecule has 0 saturated carbocycles. The standard InChI is InChI=1S/C13H17N3O2S/c1-13(2,12-9-10-16(3)14-12)15-19(17,18)11-7-5-4-6-8-11/h4-10,15H,1-3H3. The summed E-state index contributed by atoms with van der Waals surface area (Å²) in [5.41, 5.74) is -0.0925. The monoisotopic (exact) mass is 279 g/mol. The van der Waals surface area contributed by atoms with Crippen LogP contribution < -0.4 is 4.72 Å². The molecule has 0 unspecified atom stereocenters. The first-order chi connectivity index (χ1) is 8.81. The van der Waals surface area contributed by atoms with Crippen molar-refractivity contribution >= 4 is 10.0 Å². The average molecular weight is 279 g/mol. The Hall–Kier alpha value is -1.66. The van der Waals surface area contributed by atoms with E-state index in [0.29, 0.717) is 5.69 Å². The largest absolute Gasteiger partial charge is 0.275 e. The van der Waals surface area contributed by atoms with Gasteiger partial charge in [-0.05, 0) is 32.0 Å². The summed E-state index contributed by atoms with van der Waals surface area (Å²) in [7, 11) is -1.76. The Morgan fingerprint density at radius 2 is 1.79 bits per heavy atom. The molecule has 102 valence electrons. The summed E-state index contributed by atoms with van der Waals surface area (Å²) in [4.78, 5) is 0.249. The lowest BCUT2D eigenvalue weighted by Gasteiger charge is -2.23. The van der Waals surface area contributed by atoms with Gasteiger partial charge in [0.05, 0.1) is 16.1 Å². The molecule has 0 aliphatic rings. The quantitative estimate of drug-likeness (QED) is 0.925. The maximum atomic E-state index is 12.3. The number of nitrogens with one attached hydrogen (secondary N) is 1. The van der Waals surface area contributed by atoms with Gasteiger partial charge in [-0.25, -0.2) is 8.42 Å². The van der Waals surface area contributed by atoms with Crippen molar-refractivity contribution in [2.24, 2.45) is 7.05 Å². The van der Waals surface area contributed by atoms with Gasteiger partial charge in [0, 0.05) is 13.2 Å². The molecule has 0 aliphatic carbocycles. The van der Waals surface area contributed by atoms with E-state index in [4.69, 9.17) is 0 Å². The number of hydrogen-bond donors (Lipinski definition) is 1. The molecule has 0 spiro atoms. The molecule has 5 nitrogen and oxygen atoms in total. The van der Waals surface area contributed by atoms with Crippen LogP contribution >= 0.6 is 0 Å². The molecular formula is C13H17N3O2S. The Balaban J connectivity index is 2.30. The predicted molar refractivity (Wildman–Crippen MR) is 73.0 cm³/mol. The van der Waals surface area contributed by atoms with E-state index in [-0.39, 0.29) is 4.90 Å². The summed E-state index contributed by atoms with van der Waals surface area (Å²) >= 11 is 0. The minimum Gasteiger partial charge on any atom is -0.275 e. The van der Waals surface area contributed by atoms with Crippen molar-refractivity contribution in [1.29, 1.82) is 0 Å². The maximum absolute atomic E-state index is 12.3. The molecule has 0 bridgehead atoms. The number of rotatable bonds is 4. The molecule has 0 fully saturated rings. The van der Waals surface area contributed by atoms with E-state index >= 15 is 0 Å². The third-order valence-corrected chi connectivity index (χ3v) is 4.47. The molecule has 0 amide bonds. The summed E-state index contributed by atoms with van der Waals surface area (Å²) in [6.07, 6.45) is 1.79. The van der Waals surface area contributed by atoms with Crippen molar-refractivity contribution < 1.29 is 8.42 Å². The molecule has 2 rings (SSSR count). The Morgan fingerprint density at radius 1 is 1.16 bits per heavy atom. The molecule has 0 atom stereocenters. The smallest absolute Gasteiger partial charge is 0.241 e. The van der Waals surface area contributed by atoms with Crippen LogP contribution in [-0.2, 0) is 22.6 Å². The Morgan fingerprint density at radius 3 is 2.32 bits per heavy atom. The van der Waals surface area contributed by atoms with Crippen LogP contribution in [0.3, 0.4) is 0 Å². The summed E-state index contributed by atoms with van der Waals surface area (Å²) in [6, 6.07) is 10.1. The number of benzene rings is 1. The maximum Gasteiger partial charge on any atom is 0.241 e. The average Bonchev–Trinajstić information content (AvgIpc) is 2.77. The molecule has 2 aromatic rings. The molecule has 19 heavy (non-hydrogen) atoms. The zero-order valence-electron chi connectivity index (χ0n) is 11.2. The molecule has 1 aromatic heterocycles. The van der Waals surface area contributed by atoms with Crippen LogP contribution in [0.5, 0.6) is 0 Å². The fraction of sp³-hybridized carbons (Fsp3) is 0.308. The van der Waals surface area contributed by atoms with Gasteiger partial charge >= 0.3 is 0 Å². The summed E-state index contributed by atoms with van der Waals surface area (Å²) in [5.74, 6) is 0. The zero-order chi connectivity index (χ0) is 14.1. The lowest BCUT2D eigenvalue weighted by Crippen LogP contribution is -2.41. The minimum absolute atomic E-state index is 0.249. The number of aromatic nitrogens is 2. The second-order valence-corrected chi connectivity index (χ2v) is 6.60. The van der Waals surface area contributed by atoms with E-state index in [9.17, 15) is 8.42 Å². The molecule has 0 saturated heterocycles. The highest BCUT2D eigenvalue weighted by Crippen LogP contribution is 2.21. The second kappa shape index (κ2) is 4.79. The Kier molecular flexibility index (Phi) is 3.47. The third-order valence-electron chi connectivity index (χ3n) is 2.80. The summed E-state index contributed by atoms with van der Waals surface area (Å²) in [5, 5.41) is 4.25. The Labute approximate surface area is 113 Å². The van der Waals surface area contributed by atoms with Crippen molar-refractivity contribution in [1.82, 2.24) is 14.5 Å². The van der Waals surface area contributed by atoms with E-state index in [0.717, 1.165) is 0 Å². The number of hydrogen-bond acceptors (Lipinski definition) is 3. The molecule has 6 heteroatoms. The number of sulfonamides is 1. The normalized spacial score (nSPS) is 12.6. The fourth-order valence-electron chi connectivity index (χ4n) is 1.80. The first-order valence-electron chi connectivity index (χ1n) is 5.90. The Bertz CT molecular complexity index is 660. The summed E-state index contributed by atoms with van der Waals surface area (Å²) in [6.45, 7) is 3.58. The van der Waals surface area contributed by atoms with Gasteiger partial charge in [0.2, 0.25) is 10.0 Å². The van der Waals surface area contributed by atoms with Crippen molar-refractivity contribution in [3.63, 3.8) is 0 Å². The van der Waals surface area contributed by atoms with Crippen LogP contribution in [-0.4, -0.2) is 18.2 Å². The number of nitrogens with zero attached hydrogens (tertiary/aromatic N) is 2. The van der Waals surface area contributed by atoms with Gasteiger partial charge in [-0.1, -0.05) is 18.2 Å². The van der Waals surface area contributed by atoms with E-state index < -0.39 is 15.6 Å². The van der Waals surface area contributed by atoms with Crippen molar-refractivity contribution in [3.8, 4) is 0 Å². The van der Waals surface area contributed by atoms with Gasteiger partial charge in [0.1, 0.15) is 0 Å². The van der Waals surface area contributed by atoms with Gasteiger partial charge in [-0.15, -0.1) is 0 Å². The van der Waals surface area contributed by atoms with Crippen molar-refractivity contribution in [2.75, 3.05) is 0 Å². The van der Waals surface area contributed by atoms with E-state index in [1.807, 2.05) is 0 Å². The molecule has 0 radical (unpaired) electrons. The first-order valence-corrected chi connectivity index (χ1v) is 7.39. The summed E-state index contributed by atoms with van der Waals surface area (Å²) < 4.78 is 28.9. The topological polar surface area (TPSA) is 64.0 Å². The van der Waals surface area contributed by atoms with Crippen LogP contribution in [0.15, 0.2) is 47.5 Å². The first kappa shape index (κ1) is 13.8. The third kappa shape index (κ3) is 3.02. The van der Waals surface area contributed by atoms with Crippen molar-refractivity contribution in [3.05, 3.63) is 48.3 Å². The highest BCUT2D eigenvalue weighted by Gasteiger charge is 2.29. The van der Waals surface area contributed by atoms with Crippen LogP contribution in [0.2, 0.25) is 0 Å². The lowest BCUT2D eigenvalue weighted by molar-refractivity contribution is 0.454. The lowest BCUT2D eigenvalue weighted by atomic mass is 10.0. The minimum atomic E-state index is -3.56. The van der Waals surface area contributed by atoms with Gasteiger partial charge in [0.15, 0.2) is 0 Å². The fourth-order valence-corrected chi connectivity index (χ4v) is 3.20. The van der Waals surface area contributed by atoms with Gasteiger partial charge in [-0.2, -0.15) is 9.82 Å². The molecule has 1 N–H and O–H groups in total. The second-order valence-electron chi connectivity index (χ2n) is 4.92. The molecule has 0 aliphatic heterocycles. The van der Waals surface area contributed by atoms with Crippen molar-refractivity contribution in [2.45, 2.75) is 24.3 Å². The van der Waals surface area contributed by atoms with Crippen LogP contribution in [0.4, 0.5) is 0 Å². The highest BCUT2D eigenvalue weighted by atomic mass is 32.2. The zero-order valence-corrected chi connectivity index (χ0v) is 12.0. The molecular weight excluding hydrogens is 262 g/mol. The SMILES string of the molecule is Cn1ccc(C(C)(C)NS(=O)(=O)c2ccccc2)n1. The van der Waals surface area contributed by atoms with Gasteiger partial charge in [0.25, 0.3) is 0 Å². The van der Waals surface area contributed by atoms with E-state index in [1.165, 1.54) is 0 Å². The van der Waals surface area contributed by atoms with Crippen LogP contribution in [0, 0.1) is 0 Å². The highest BCUT2D eigenvalue weighted by molar-refractivity contribution is 7.89.